The Hall–Kier alpha value is -2.01. The highest BCUT2D eigenvalue weighted by Crippen LogP contribution is 2.32. The van der Waals surface area contributed by atoms with Gasteiger partial charge in [-0.2, -0.15) is 5.10 Å². The van der Waals surface area contributed by atoms with E-state index in [1.165, 1.54) is 0 Å². The van der Waals surface area contributed by atoms with E-state index >= 15 is 0 Å². The molecule has 0 saturated carbocycles. The lowest BCUT2D eigenvalue weighted by Gasteiger charge is -2.22. The molecule has 5 heteroatoms. The first-order valence-corrected chi connectivity index (χ1v) is 6.77. The Morgan fingerprint density at radius 1 is 1.30 bits per heavy atom. The van der Waals surface area contributed by atoms with E-state index in [-0.39, 0.29) is 5.75 Å². The van der Waals surface area contributed by atoms with Gasteiger partial charge in [0.05, 0.1) is 19.3 Å². The van der Waals surface area contributed by atoms with Crippen LogP contribution >= 0.6 is 0 Å². The molecule has 2 heterocycles. The second-order valence-electron chi connectivity index (χ2n) is 4.94. The second kappa shape index (κ2) is 5.54. The molecule has 1 aromatic heterocycles. The average Bonchev–Trinajstić information content (AvgIpc) is 2.98. The van der Waals surface area contributed by atoms with Gasteiger partial charge in [0, 0.05) is 25.0 Å². The first-order chi connectivity index (χ1) is 9.78. The van der Waals surface area contributed by atoms with Crippen molar-refractivity contribution in [2.45, 2.75) is 18.9 Å². The zero-order valence-corrected chi connectivity index (χ0v) is 11.5. The lowest BCUT2D eigenvalue weighted by Crippen LogP contribution is -2.19. The van der Waals surface area contributed by atoms with E-state index in [4.69, 9.17) is 9.47 Å². The van der Waals surface area contributed by atoms with Gasteiger partial charge in [0.25, 0.3) is 0 Å². The summed E-state index contributed by atoms with van der Waals surface area (Å²) in [6, 6.07) is 5.74. The van der Waals surface area contributed by atoms with E-state index < -0.39 is 0 Å². The third-order valence-electron chi connectivity index (χ3n) is 3.68. The van der Waals surface area contributed by atoms with Gasteiger partial charge < -0.3 is 14.6 Å². The van der Waals surface area contributed by atoms with Crippen LogP contribution in [-0.4, -0.2) is 35.2 Å². The monoisotopic (exact) mass is 274 g/mol. The SMILES string of the molecule is COc1cc(-c2cnn(C3CCOCC3)c2)ccc1O. The number of ether oxygens (including phenoxy) is 2. The summed E-state index contributed by atoms with van der Waals surface area (Å²) in [5.41, 5.74) is 2.01. The summed E-state index contributed by atoms with van der Waals surface area (Å²) < 4.78 is 12.5. The summed E-state index contributed by atoms with van der Waals surface area (Å²) in [4.78, 5) is 0. The number of hydrogen-bond donors (Lipinski definition) is 1. The second-order valence-corrected chi connectivity index (χ2v) is 4.94. The van der Waals surface area contributed by atoms with Gasteiger partial charge >= 0.3 is 0 Å². The van der Waals surface area contributed by atoms with Crippen molar-refractivity contribution >= 4 is 0 Å². The molecule has 1 aromatic carbocycles. The van der Waals surface area contributed by atoms with Crippen molar-refractivity contribution in [3.05, 3.63) is 30.6 Å². The molecule has 0 bridgehead atoms. The number of phenols is 1. The molecule has 0 amide bonds. The highest BCUT2D eigenvalue weighted by Gasteiger charge is 2.17. The number of nitrogens with zero attached hydrogens (tertiary/aromatic N) is 2. The van der Waals surface area contributed by atoms with Crippen molar-refractivity contribution < 1.29 is 14.6 Å². The predicted octanol–water partition coefficient (Wildman–Crippen LogP) is 2.62. The van der Waals surface area contributed by atoms with Gasteiger partial charge in [-0.1, -0.05) is 6.07 Å². The van der Waals surface area contributed by atoms with E-state index in [9.17, 15) is 5.11 Å². The van der Waals surface area contributed by atoms with Crippen molar-refractivity contribution in [1.82, 2.24) is 9.78 Å². The standard InChI is InChI=1S/C15H18N2O3/c1-19-15-8-11(2-3-14(15)18)12-9-16-17(10-12)13-4-6-20-7-5-13/h2-3,8-10,13,18H,4-7H2,1H3. The third kappa shape index (κ3) is 2.49. The van der Waals surface area contributed by atoms with Gasteiger partial charge in [-0.3, -0.25) is 4.68 Å². The topological polar surface area (TPSA) is 56.5 Å². The van der Waals surface area contributed by atoms with Crippen LogP contribution in [-0.2, 0) is 4.74 Å². The van der Waals surface area contributed by atoms with Crippen LogP contribution in [0.2, 0.25) is 0 Å². The van der Waals surface area contributed by atoms with Gasteiger partial charge in [0.1, 0.15) is 0 Å². The molecule has 0 spiro atoms. The largest absolute Gasteiger partial charge is 0.504 e. The molecule has 106 valence electrons. The summed E-state index contributed by atoms with van der Waals surface area (Å²) in [6.07, 6.45) is 5.89. The molecule has 1 aliphatic heterocycles. The van der Waals surface area contributed by atoms with Crippen LogP contribution in [0.1, 0.15) is 18.9 Å². The first kappa shape index (κ1) is 13.0. The van der Waals surface area contributed by atoms with Gasteiger partial charge in [0.15, 0.2) is 11.5 Å². The van der Waals surface area contributed by atoms with Crippen molar-refractivity contribution in [1.29, 1.82) is 0 Å². The van der Waals surface area contributed by atoms with E-state index in [0.717, 1.165) is 37.2 Å². The lowest BCUT2D eigenvalue weighted by atomic mass is 10.1. The number of aromatic nitrogens is 2. The molecule has 1 saturated heterocycles. The number of methoxy groups -OCH3 is 1. The van der Waals surface area contributed by atoms with Crippen LogP contribution in [0.25, 0.3) is 11.1 Å². The predicted molar refractivity (Wildman–Crippen MR) is 75.0 cm³/mol. The van der Waals surface area contributed by atoms with Gasteiger partial charge in [-0.25, -0.2) is 0 Å². The van der Waals surface area contributed by atoms with Crippen LogP contribution in [0.3, 0.4) is 0 Å². The van der Waals surface area contributed by atoms with Crippen LogP contribution < -0.4 is 4.74 Å². The van der Waals surface area contributed by atoms with Crippen LogP contribution in [0.5, 0.6) is 11.5 Å². The maximum Gasteiger partial charge on any atom is 0.161 e. The zero-order chi connectivity index (χ0) is 13.9. The average molecular weight is 274 g/mol. The molecule has 0 atom stereocenters. The van der Waals surface area contributed by atoms with Gasteiger partial charge in [-0.15, -0.1) is 0 Å². The Bertz CT molecular complexity index is 589. The summed E-state index contributed by atoms with van der Waals surface area (Å²) in [7, 11) is 1.55. The number of phenolic OH excluding ortho intramolecular Hbond substituents is 1. The maximum absolute atomic E-state index is 9.63. The quantitative estimate of drug-likeness (QED) is 0.934. The number of benzene rings is 1. The lowest BCUT2D eigenvalue weighted by molar-refractivity contribution is 0.0662. The minimum Gasteiger partial charge on any atom is -0.504 e. The molecular formula is C15H18N2O3. The molecule has 1 N–H and O–H groups in total. The van der Waals surface area contributed by atoms with Crippen molar-refractivity contribution in [2.75, 3.05) is 20.3 Å². The van der Waals surface area contributed by atoms with Crippen LogP contribution in [0.15, 0.2) is 30.6 Å². The molecule has 2 aromatic rings. The molecule has 0 unspecified atom stereocenters. The molecular weight excluding hydrogens is 256 g/mol. The summed E-state index contributed by atoms with van der Waals surface area (Å²) in [5, 5.41) is 14.1. The Morgan fingerprint density at radius 2 is 2.10 bits per heavy atom. The van der Waals surface area contributed by atoms with Crippen LogP contribution in [0.4, 0.5) is 0 Å². The molecule has 3 rings (SSSR count). The smallest absolute Gasteiger partial charge is 0.161 e. The summed E-state index contributed by atoms with van der Waals surface area (Å²) >= 11 is 0. The normalized spacial score (nSPS) is 16.2. The fourth-order valence-electron chi connectivity index (χ4n) is 2.49. The van der Waals surface area contributed by atoms with Gasteiger partial charge in [0.2, 0.25) is 0 Å². The first-order valence-electron chi connectivity index (χ1n) is 6.77. The molecule has 1 fully saturated rings. The Morgan fingerprint density at radius 3 is 2.85 bits per heavy atom. The van der Waals surface area contributed by atoms with E-state index in [1.807, 2.05) is 29.2 Å². The Balaban J connectivity index is 1.85. The molecule has 0 aliphatic carbocycles. The Kier molecular flexibility index (Phi) is 3.60. The maximum atomic E-state index is 9.63. The number of hydrogen-bond acceptors (Lipinski definition) is 4. The molecule has 0 radical (unpaired) electrons. The van der Waals surface area contributed by atoms with E-state index in [2.05, 4.69) is 5.10 Å². The zero-order valence-electron chi connectivity index (χ0n) is 11.5. The highest BCUT2D eigenvalue weighted by atomic mass is 16.5. The van der Waals surface area contributed by atoms with Gasteiger partial charge in [-0.05, 0) is 30.5 Å². The van der Waals surface area contributed by atoms with E-state index in [1.54, 1.807) is 13.2 Å². The number of rotatable bonds is 3. The fraction of sp³-hybridized carbons (Fsp3) is 0.400. The fourth-order valence-corrected chi connectivity index (χ4v) is 2.49. The minimum absolute atomic E-state index is 0.146. The summed E-state index contributed by atoms with van der Waals surface area (Å²) in [6.45, 7) is 1.60. The van der Waals surface area contributed by atoms with Crippen molar-refractivity contribution in [3.63, 3.8) is 0 Å². The van der Waals surface area contributed by atoms with Crippen LogP contribution in [0, 0.1) is 0 Å². The molecule has 1 aliphatic rings. The summed E-state index contributed by atoms with van der Waals surface area (Å²) in [5.74, 6) is 0.620. The third-order valence-corrected chi connectivity index (χ3v) is 3.68. The number of aromatic hydroxyl groups is 1. The molecule has 5 nitrogen and oxygen atoms in total. The minimum atomic E-state index is 0.146. The van der Waals surface area contributed by atoms with Crippen molar-refractivity contribution in [2.24, 2.45) is 0 Å². The molecule has 20 heavy (non-hydrogen) atoms. The Labute approximate surface area is 117 Å². The van der Waals surface area contributed by atoms with Crippen molar-refractivity contribution in [3.8, 4) is 22.6 Å². The highest BCUT2D eigenvalue weighted by molar-refractivity contribution is 5.65. The van der Waals surface area contributed by atoms with E-state index in [0.29, 0.717) is 11.8 Å².